The topological polar surface area (TPSA) is 59.9 Å². The van der Waals surface area contributed by atoms with Gasteiger partial charge in [-0.3, -0.25) is 4.79 Å². The molecule has 0 saturated carbocycles. The molecule has 5 nitrogen and oxygen atoms in total. The van der Waals surface area contributed by atoms with Gasteiger partial charge in [-0.2, -0.15) is 5.10 Å². The van der Waals surface area contributed by atoms with Crippen LogP contribution < -0.4 is 14.9 Å². The van der Waals surface area contributed by atoms with Crippen molar-refractivity contribution in [2.45, 2.75) is 13.0 Å². The van der Waals surface area contributed by atoms with Crippen molar-refractivity contribution in [2.75, 3.05) is 6.61 Å². The van der Waals surface area contributed by atoms with Gasteiger partial charge in [-0.15, -0.1) is 0 Å². The van der Waals surface area contributed by atoms with Crippen LogP contribution in [0, 0.1) is 3.57 Å². The molecule has 2 aromatic carbocycles. The largest absolute Gasteiger partial charge is 0.485 e. The zero-order valence-electron chi connectivity index (χ0n) is 12.5. The maximum absolute atomic E-state index is 12.2. The molecule has 0 radical (unpaired) electrons. The third kappa shape index (κ3) is 3.82. The Labute approximate surface area is 147 Å². The highest BCUT2D eigenvalue weighted by Gasteiger charge is 2.27. The van der Waals surface area contributed by atoms with Crippen LogP contribution in [0.3, 0.4) is 0 Å². The molecule has 0 saturated heterocycles. The number of ether oxygens (including phenoxy) is 2. The van der Waals surface area contributed by atoms with Crippen molar-refractivity contribution in [2.24, 2.45) is 5.10 Å². The number of rotatable bonds is 3. The molecular weight excluding hydrogens is 407 g/mol. The van der Waals surface area contributed by atoms with Gasteiger partial charge in [-0.25, -0.2) is 5.43 Å². The van der Waals surface area contributed by atoms with Crippen LogP contribution in [0.2, 0.25) is 0 Å². The standard InChI is InChI=1S/C17H15IN2O3/c1-11(12-5-4-6-13(18)9-12)19-20-17(21)16-10-22-14-7-2-3-8-15(14)23-16/h2-9,16H,10H2,1H3,(H,20,21)/b19-11-/t16-/m1/s1. The molecule has 1 heterocycles. The van der Waals surface area contributed by atoms with Crippen LogP contribution in [0.4, 0.5) is 0 Å². The number of hydrogen-bond donors (Lipinski definition) is 1. The smallest absolute Gasteiger partial charge is 0.284 e. The first-order chi connectivity index (χ1) is 11.1. The second-order valence-corrected chi connectivity index (χ2v) is 6.29. The molecule has 0 aromatic heterocycles. The number of nitrogens with zero attached hydrogens (tertiary/aromatic N) is 1. The Morgan fingerprint density at radius 1 is 1.22 bits per heavy atom. The predicted octanol–water partition coefficient (Wildman–Crippen LogP) is 2.97. The molecule has 118 valence electrons. The van der Waals surface area contributed by atoms with Crippen LogP contribution in [-0.4, -0.2) is 24.3 Å². The number of carbonyl (C=O) groups is 1. The zero-order valence-corrected chi connectivity index (χ0v) is 14.6. The first-order valence-electron chi connectivity index (χ1n) is 7.12. The van der Waals surface area contributed by atoms with Crippen LogP contribution in [0.5, 0.6) is 11.5 Å². The van der Waals surface area contributed by atoms with E-state index in [1.807, 2.05) is 49.4 Å². The van der Waals surface area contributed by atoms with Gasteiger partial charge in [0, 0.05) is 3.57 Å². The van der Waals surface area contributed by atoms with Crippen LogP contribution in [0.25, 0.3) is 0 Å². The summed E-state index contributed by atoms with van der Waals surface area (Å²) in [5.74, 6) is 0.886. The van der Waals surface area contributed by atoms with E-state index in [9.17, 15) is 4.79 Å². The van der Waals surface area contributed by atoms with Crippen molar-refractivity contribution in [1.82, 2.24) is 5.43 Å². The molecule has 2 aromatic rings. The third-order valence-electron chi connectivity index (χ3n) is 3.38. The molecule has 0 spiro atoms. The number of hydrogen-bond acceptors (Lipinski definition) is 4. The van der Waals surface area contributed by atoms with Gasteiger partial charge >= 0.3 is 0 Å². The summed E-state index contributed by atoms with van der Waals surface area (Å²) in [6.07, 6.45) is -0.711. The molecular formula is C17H15IN2O3. The molecule has 0 unspecified atom stereocenters. The highest BCUT2D eigenvalue weighted by molar-refractivity contribution is 14.1. The molecule has 3 rings (SSSR count). The molecule has 1 N–H and O–H groups in total. The number of fused-ring (bicyclic) bond motifs is 1. The van der Waals surface area contributed by atoms with Gasteiger partial charge in [0.25, 0.3) is 5.91 Å². The quantitative estimate of drug-likeness (QED) is 0.470. The first kappa shape index (κ1) is 15.8. The Hall–Kier alpha value is -2.09. The summed E-state index contributed by atoms with van der Waals surface area (Å²) >= 11 is 2.24. The summed E-state index contributed by atoms with van der Waals surface area (Å²) in [6.45, 7) is 2.01. The third-order valence-corrected chi connectivity index (χ3v) is 4.05. The summed E-state index contributed by atoms with van der Waals surface area (Å²) in [5.41, 5.74) is 4.23. The van der Waals surface area contributed by atoms with Crippen LogP contribution in [-0.2, 0) is 4.79 Å². The minimum atomic E-state index is -0.711. The van der Waals surface area contributed by atoms with E-state index in [0.29, 0.717) is 11.5 Å². The van der Waals surface area contributed by atoms with E-state index in [0.717, 1.165) is 14.8 Å². The van der Waals surface area contributed by atoms with Gasteiger partial charge in [0.2, 0.25) is 6.10 Å². The number of para-hydroxylation sites is 2. The highest BCUT2D eigenvalue weighted by atomic mass is 127. The number of hydrazone groups is 1. The summed E-state index contributed by atoms with van der Waals surface area (Å²) in [5, 5.41) is 4.14. The lowest BCUT2D eigenvalue weighted by molar-refractivity contribution is -0.130. The molecule has 23 heavy (non-hydrogen) atoms. The summed E-state index contributed by atoms with van der Waals surface area (Å²) in [4.78, 5) is 12.2. The Kier molecular flexibility index (Phi) is 4.80. The molecule has 0 bridgehead atoms. The van der Waals surface area contributed by atoms with Crippen LogP contribution >= 0.6 is 22.6 Å². The van der Waals surface area contributed by atoms with Crippen molar-refractivity contribution in [1.29, 1.82) is 0 Å². The van der Waals surface area contributed by atoms with E-state index < -0.39 is 6.10 Å². The van der Waals surface area contributed by atoms with E-state index in [4.69, 9.17) is 9.47 Å². The van der Waals surface area contributed by atoms with Gasteiger partial charge in [0.05, 0.1) is 5.71 Å². The summed E-state index contributed by atoms with van der Waals surface area (Å²) in [6, 6.07) is 15.2. The van der Waals surface area contributed by atoms with E-state index in [1.54, 1.807) is 6.07 Å². The lowest BCUT2D eigenvalue weighted by Gasteiger charge is -2.24. The number of halogens is 1. The fourth-order valence-corrected chi connectivity index (χ4v) is 2.68. The molecule has 1 atom stereocenters. The fourth-order valence-electron chi connectivity index (χ4n) is 2.14. The minimum Gasteiger partial charge on any atom is -0.485 e. The Balaban J connectivity index is 1.65. The molecule has 0 aliphatic carbocycles. The SMILES string of the molecule is C/C(=N/NC(=O)[C@H]1COc2ccccc2O1)c1cccc(I)c1. The van der Waals surface area contributed by atoms with Crippen LogP contribution in [0.1, 0.15) is 12.5 Å². The fraction of sp³-hybridized carbons (Fsp3) is 0.176. The second kappa shape index (κ2) is 6.99. The average molecular weight is 422 g/mol. The van der Waals surface area contributed by atoms with E-state index >= 15 is 0 Å². The van der Waals surface area contributed by atoms with E-state index in [1.165, 1.54) is 0 Å². The molecule has 1 amide bonds. The molecule has 0 fully saturated rings. The van der Waals surface area contributed by atoms with Gasteiger partial charge in [0.15, 0.2) is 11.5 Å². The predicted molar refractivity (Wildman–Crippen MR) is 95.9 cm³/mol. The minimum absolute atomic E-state index is 0.167. The van der Waals surface area contributed by atoms with Gasteiger partial charge < -0.3 is 9.47 Å². The Bertz CT molecular complexity index is 761. The number of benzene rings is 2. The second-order valence-electron chi connectivity index (χ2n) is 5.05. The lowest BCUT2D eigenvalue weighted by atomic mass is 10.1. The number of nitrogens with one attached hydrogen (secondary N) is 1. The molecule has 6 heteroatoms. The van der Waals surface area contributed by atoms with Crippen molar-refractivity contribution in [3.05, 3.63) is 57.7 Å². The van der Waals surface area contributed by atoms with Crippen LogP contribution in [0.15, 0.2) is 53.6 Å². The lowest BCUT2D eigenvalue weighted by Crippen LogP contribution is -2.42. The highest BCUT2D eigenvalue weighted by Crippen LogP contribution is 2.30. The summed E-state index contributed by atoms with van der Waals surface area (Å²) in [7, 11) is 0. The molecule has 1 aliphatic rings. The number of carbonyl (C=O) groups excluding carboxylic acids is 1. The molecule has 1 aliphatic heterocycles. The van der Waals surface area contributed by atoms with Gasteiger partial charge in [-0.1, -0.05) is 24.3 Å². The monoisotopic (exact) mass is 422 g/mol. The van der Waals surface area contributed by atoms with E-state index in [2.05, 4.69) is 33.1 Å². The maximum atomic E-state index is 12.2. The van der Waals surface area contributed by atoms with Gasteiger partial charge in [0.1, 0.15) is 6.61 Å². The average Bonchev–Trinajstić information content (AvgIpc) is 2.59. The Morgan fingerprint density at radius 2 is 2.00 bits per heavy atom. The van der Waals surface area contributed by atoms with Crippen molar-refractivity contribution >= 4 is 34.2 Å². The summed E-state index contributed by atoms with van der Waals surface area (Å²) < 4.78 is 12.3. The Morgan fingerprint density at radius 3 is 2.78 bits per heavy atom. The van der Waals surface area contributed by atoms with Gasteiger partial charge in [-0.05, 0) is 59.3 Å². The van der Waals surface area contributed by atoms with Crippen molar-refractivity contribution in [3.63, 3.8) is 0 Å². The first-order valence-corrected chi connectivity index (χ1v) is 8.20. The van der Waals surface area contributed by atoms with Crippen molar-refractivity contribution in [3.8, 4) is 11.5 Å². The zero-order chi connectivity index (χ0) is 16.2. The maximum Gasteiger partial charge on any atom is 0.284 e. The van der Waals surface area contributed by atoms with E-state index in [-0.39, 0.29) is 12.5 Å². The normalized spacial score (nSPS) is 16.8. The number of amides is 1. The van der Waals surface area contributed by atoms with Crippen molar-refractivity contribution < 1.29 is 14.3 Å².